The highest BCUT2D eigenvalue weighted by Crippen LogP contribution is 2.29. The summed E-state index contributed by atoms with van der Waals surface area (Å²) in [5.41, 5.74) is 2.20. The molecule has 1 aliphatic heterocycles. The molecule has 0 atom stereocenters. The molecule has 3 heterocycles. The lowest BCUT2D eigenvalue weighted by Crippen LogP contribution is -2.29. The summed E-state index contributed by atoms with van der Waals surface area (Å²) in [6.07, 6.45) is 1.34. The van der Waals surface area contributed by atoms with Crippen molar-refractivity contribution in [3.05, 3.63) is 33.0 Å². The van der Waals surface area contributed by atoms with E-state index in [2.05, 4.69) is 26.1 Å². The lowest BCUT2D eigenvalue weighted by molar-refractivity contribution is -0.139. The largest absolute Gasteiger partial charge is 0.469 e. The third-order valence-corrected chi connectivity index (χ3v) is 5.14. The van der Waals surface area contributed by atoms with Crippen molar-refractivity contribution in [3.8, 4) is 0 Å². The molecule has 0 aliphatic carbocycles. The number of nitrogens with zero attached hydrogens (tertiary/aromatic N) is 2. The maximum Gasteiger partial charge on any atom is 0.311 e. The molecule has 3 rings (SSSR count). The van der Waals surface area contributed by atoms with Gasteiger partial charge in [-0.1, -0.05) is 0 Å². The number of hydrogen-bond acceptors (Lipinski definition) is 6. The molecule has 6 heteroatoms. The number of thiazole rings is 1. The molecule has 0 amide bonds. The first-order chi connectivity index (χ1) is 9.26. The van der Waals surface area contributed by atoms with Gasteiger partial charge in [-0.2, -0.15) is 0 Å². The topological polar surface area (TPSA) is 42.4 Å². The normalized spacial score (nSPS) is 14.3. The van der Waals surface area contributed by atoms with Gasteiger partial charge in [0.25, 0.3) is 0 Å². The van der Waals surface area contributed by atoms with E-state index in [1.165, 1.54) is 17.6 Å². The van der Waals surface area contributed by atoms with Crippen molar-refractivity contribution in [2.45, 2.75) is 19.4 Å². The van der Waals surface area contributed by atoms with Crippen molar-refractivity contribution in [2.75, 3.05) is 18.6 Å². The lowest BCUT2D eigenvalue weighted by atomic mass is 10.1. The fourth-order valence-electron chi connectivity index (χ4n) is 2.15. The van der Waals surface area contributed by atoms with Crippen LogP contribution in [0.3, 0.4) is 0 Å². The summed E-state index contributed by atoms with van der Waals surface area (Å²) in [7, 11) is 1.40. The highest BCUT2D eigenvalue weighted by molar-refractivity contribution is 7.13. The van der Waals surface area contributed by atoms with Crippen LogP contribution >= 0.6 is 22.7 Å². The molecule has 0 spiro atoms. The Balaban J connectivity index is 1.72. The number of carbonyl (C=O) groups excluding carboxylic acids is 1. The van der Waals surface area contributed by atoms with Gasteiger partial charge in [-0.25, -0.2) is 4.98 Å². The Morgan fingerprint density at radius 1 is 1.53 bits per heavy atom. The van der Waals surface area contributed by atoms with E-state index in [-0.39, 0.29) is 12.4 Å². The number of hydrogen-bond donors (Lipinski definition) is 0. The second-order valence-electron chi connectivity index (χ2n) is 4.41. The van der Waals surface area contributed by atoms with Crippen molar-refractivity contribution in [3.63, 3.8) is 0 Å². The molecule has 0 fully saturated rings. The van der Waals surface area contributed by atoms with E-state index >= 15 is 0 Å². The molecule has 19 heavy (non-hydrogen) atoms. The third kappa shape index (κ3) is 2.64. The number of carbonyl (C=O) groups is 1. The zero-order valence-electron chi connectivity index (χ0n) is 10.6. The van der Waals surface area contributed by atoms with E-state index in [4.69, 9.17) is 0 Å². The van der Waals surface area contributed by atoms with E-state index in [0.717, 1.165) is 30.3 Å². The molecular weight excluding hydrogens is 280 g/mol. The van der Waals surface area contributed by atoms with E-state index < -0.39 is 0 Å². The van der Waals surface area contributed by atoms with Crippen LogP contribution in [0.25, 0.3) is 0 Å². The number of thiophene rings is 1. The van der Waals surface area contributed by atoms with Crippen molar-refractivity contribution in [1.29, 1.82) is 0 Å². The molecule has 0 saturated heterocycles. The molecule has 0 N–H and O–H groups in total. The minimum absolute atomic E-state index is 0.240. The summed E-state index contributed by atoms with van der Waals surface area (Å²) in [6.45, 7) is 1.92. The predicted octanol–water partition coefficient (Wildman–Crippen LogP) is 2.48. The standard InChI is InChI=1S/C13H14N2O2S2/c1-17-12(16)6-10-8-19-13(14-10)15-4-2-11-9(7-15)3-5-18-11/h3,5,8H,2,4,6-7H2,1H3. The van der Waals surface area contributed by atoms with Crippen LogP contribution in [0.5, 0.6) is 0 Å². The zero-order valence-corrected chi connectivity index (χ0v) is 12.2. The Morgan fingerprint density at radius 3 is 3.26 bits per heavy atom. The van der Waals surface area contributed by atoms with Crippen LogP contribution in [0.15, 0.2) is 16.8 Å². The van der Waals surface area contributed by atoms with Crippen LogP contribution in [0.2, 0.25) is 0 Å². The number of aromatic nitrogens is 1. The summed E-state index contributed by atoms with van der Waals surface area (Å²) < 4.78 is 4.66. The minimum Gasteiger partial charge on any atom is -0.469 e. The summed E-state index contributed by atoms with van der Waals surface area (Å²) >= 11 is 3.43. The first-order valence-corrected chi connectivity index (χ1v) is 7.83. The van der Waals surface area contributed by atoms with E-state index in [1.54, 1.807) is 11.3 Å². The Hall–Kier alpha value is -1.40. The van der Waals surface area contributed by atoms with Gasteiger partial charge in [0.05, 0.1) is 19.2 Å². The molecule has 0 unspecified atom stereocenters. The van der Waals surface area contributed by atoms with Gasteiger partial charge in [-0.15, -0.1) is 22.7 Å². The van der Waals surface area contributed by atoms with Crippen LogP contribution < -0.4 is 4.90 Å². The van der Waals surface area contributed by atoms with Crippen molar-refractivity contribution in [2.24, 2.45) is 0 Å². The summed E-state index contributed by atoms with van der Waals surface area (Å²) in [4.78, 5) is 19.5. The smallest absolute Gasteiger partial charge is 0.311 e. The van der Waals surface area contributed by atoms with Crippen LogP contribution in [0, 0.1) is 0 Å². The Labute approximate surface area is 119 Å². The first kappa shape index (κ1) is 12.6. The minimum atomic E-state index is -0.240. The third-order valence-electron chi connectivity index (χ3n) is 3.17. The average Bonchev–Trinajstić information content (AvgIpc) is 3.05. The van der Waals surface area contributed by atoms with Crippen LogP contribution in [-0.2, 0) is 28.9 Å². The second-order valence-corrected chi connectivity index (χ2v) is 6.25. The lowest BCUT2D eigenvalue weighted by Gasteiger charge is -2.26. The molecule has 0 bridgehead atoms. The molecule has 2 aromatic heterocycles. The monoisotopic (exact) mass is 294 g/mol. The highest BCUT2D eigenvalue weighted by atomic mass is 32.1. The van der Waals surface area contributed by atoms with Gasteiger partial charge in [0.15, 0.2) is 5.13 Å². The van der Waals surface area contributed by atoms with Crippen LogP contribution in [0.4, 0.5) is 5.13 Å². The number of fused-ring (bicyclic) bond motifs is 1. The Morgan fingerprint density at radius 2 is 2.42 bits per heavy atom. The highest BCUT2D eigenvalue weighted by Gasteiger charge is 2.20. The van der Waals surface area contributed by atoms with E-state index in [0.29, 0.717) is 0 Å². The number of rotatable bonds is 3. The fraction of sp³-hybridized carbons (Fsp3) is 0.385. The van der Waals surface area contributed by atoms with Gasteiger partial charge in [0.2, 0.25) is 0 Å². The number of esters is 1. The predicted molar refractivity (Wildman–Crippen MR) is 76.9 cm³/mol. The quantitative estimate of drug-likeness (QED) is 0.816. The Kier molecular flexibility index (Phi) is 3.52. The molecule has 0 saturated carbocycles. The number of anilines is 1. The zero-order chi connectivity index (χ0) is 13.2. The molecule has 0 radical (unpaired) electrons. The van der Waals surface area contributed by atoms with Gasteiger partial charge in [-0.3, -0.25) is 4.79 Å². The van der Waals surface area contributed by atoms with Gasteiger partial charge in [0, 0.05) is 23.3 Å². The molecular formula is C13H14N2O2S2. The maximum absolute atomic E-state index is 11.2. The van der Waals surface area contributed by atoms with E-state index in [1.807, 2.05) is 16.7 Å². The SMILES string of the molecule is COC(=O)Cc1csc(N2CCc3sccc3C2)n1. The molecule has 0 aromatic carbocycles. The molecule has 2 aromatic rings. The van der Waals surface area contributed by atoms with Gasteiger partial charge in [0.1, 0.15) is 0 Å². The summed E-state index contributed by atoms with van der Waals surface area (Å²) in [5, 5.41) is 5.09. The van der Waals surface area contributed by atoms with Gasteiger partial charge in [-0.05, 0) is 23.4 Å². The summed E-state index contributed by atoms with van der Waals surface area (Å²) in [5.74, 6) is -0.240. The summed E-state index contributed by atoms with van der Waals surface area (Å²) in [6, 6.07) is 2.19. The molecule has 1 aliphatic rings. The maximum atomic E-state index is 11.2. The van der Waals surface area contributed by atoms with Crippen molar-refractivity contribution in [1.82, 2.24) is 4.98 Å². The fourth-order valence-corrected chi connectivity index (χ4v) is 3.90. The number of ether oxygens (including phenoxy) is 1. The first-order valence-electron chi connectivity index (χ1n) is 6.07. The van der Waals surface area contributed by atoms with Gasteiger partial charge >= 0.3 is 5.97 Å². The van der Waals surface area contributed by atoms with Gasteiger partial charge < -0.3 is 9.64 Å². The van der Waals surface area contributed by atoms with Crippen molar-refractivity contribution < 1.29 is 9.53 Å². The Bertz CT molecular complexity index is 591. The van der Waals surface area contributed by atoms with Crippen LogP contribution in [0.1, 0.15) is 16.1 Å². The second kappa shape index (κ2) is 5.30. The van der Waals surface area contributed by atoms with E-state index in [9.17, 15) is 4.79 Å². The van der Waals surface area contributed by atoms with Crippen molar-refractivity contribution >= 4 is 33.8 Å². The average molecular weight is 294 g/mol. The number of methoxy groups -OCH3 is 1. The molecule has 100 valence electrons. The van der Waals surface area contributed by atoms with Crippen LogP contribution in [-0.4, -0.2) is 24.6 Å². The molecule has 4 nitrogen and oxygen atoms in total.